The summed E-state index contributed by atoms with van der Waals surface area (Å²) in [7, 11) is 0. The van der Waals surface area contributed by atoms with Crippen molar-refractivity contribution in [2.45, 2.75) is 43.4 Å². The fourth-order valence-electron chi connectivity index (χ4n) is 4.98. The van der Waals surface area contributed by atoms with Gasteiger partial charge in [0.25, 0.3) is 0 Å². The molecule has 1 aliphatic carbocycles. The Kier molecular flexibility index (Phi) is 5.44. The van der Waals surface area contributed by atoms with Gasteiger partial charge >= 0.3 is 0 Å². The van der Waals surface area contributed by atoms with Crippen LogP contribution in [0.5, 0.6) is 5.75 Å². The van der Waals surface area contributed by atoms with Gasteiger partial charge in [0, 0.05) is 28.7 Å². The minimum atomic E-state index is -0.929. The molecule has 0 amide bonds. The van der Waals surface area contributed by atoms with E-state index in [9.17, 15) is 4.39 Å². The lowest BCUT2D eigenvalue weighted by Gasteiger charge is -2.34. The first kappa shape index (κ1) is 22.5. The van der Waals surface area contributed by atoms with Gasteiger partial charge in [-0.3, -0.25) is 4.99 Å². The third kappa shape index (κ3) is 3.66. The van der Waals surface area contributed by atoms with Gasteiger partial charge in [0.05, 0.1) is 22.9 Å². The highest BCUT2D eigenvalue weighted by atomic mass is 32.2. The number of rotatable bonds is 6. The Bertz CT molecular complexity index is 1370. The Balaban J connectivity index is 1.53. The molecule has 9 heteroatoms. The molecule has 0 radical (unpaired) electrons. The van der Waals surface area contributed by atoms with Crippen LogP contribution in [0.3, 0.4) is 0 Å². The molecule has 174 valence electrons. The van der Waals surface area contributed by atoms with Crippen LogP contribution < -0.4 is 10.5 Å². The summed E-state index contributed by atoms with van der Waals surface area (Å²) >= 11 is 1.55. The highest BCUT2D eigenvalue weighted by Gasteiger charge is 2.65. The minimum Gasteiger partial charge on any atom is -0.479 e. The SMILES string of the molecule is C#CCOc1cnc2c(Cc3cc(F)c(F)c([C@@]4(C)N=C(N)S[C@@]5(CC)C[C@H]54)c3)ncnc2c1. The number of nitrogens with zero attached hydrogens (tertiary/aromatic N) is 4. The summed E-state index contributed by atoms with van der Waals surface area (Å²) in [5.41, 5.74) is 7.71. The number of amidine groups is 1. The Morgan fingerprint density at radius 2 is 2.09 bits per heavy atom. The van der Waals surface area contributed by atoms with E-state index in [0.29, 0.717) is 33.2 Å². The van der Waals surface area contributed by atoms with Gasteiger partial charge in [-0.2, -0.15) is 0 Å². The van der Waals surface area contributed by atoms with Crippen molar-refractivity contribution in [2.24, 2.45) is 16.6 Å². The lowest BCUT2D eigenvalue weighted by Crippen LogP contribution is -2.36. The number of hydrogen-bond donors (Lipinski definition) is 1. The van der Waals surface area contributed by atoms with Crippen molar-refractivity contribution < 1.29 is 13.5 Å². The summed E-state index contributed by atoms with van der Waals surface area (Å²) in [5, 5.41) is 0.414. The van der Waals surface area contributed by atoms with Crippen molar-refractivity contribution in [3.05, 3.63) is 59.2 Å². The fraction of sp³-hybridized carbons (Fsp3) is 0.360. The molecule has 3 heterocycles. The summed E-state index contributed by atoms with van der Waals surface area (Å²) in [6.45, 7) is 4.06. The second kappa shape index (κ2) is 8.20. The summed E-state index contributed by atoms with van der Waals surface area (Å²) in [5.74, 6) is 1.19. The molecule has 2 N–H and O–H groups in total. The molecule has 6 nitrogen and oxygen atoms in total. The quantitative estimate of drug-likeness (QED) is 0.529. The highest BCUT2D eigenvalue weighted by molar-refractivity contribution is 8.15. The van der Waals surface area contributed by atoms with Crippen LogP contribution in [-0.2, 0) is 12.0 Å². The molecule has 2 aliphatic rings. The average Bonchev–Trinajstić information content (AvgIpc) is 3.56. The lowest BCUT2D eigenvalue weighted by molar-refractivity contribution is 0.369. The van der Waals surface area contributed by atoms with Gasteiger partial charge in [-0.15, -0.1) is 6.42 Å². The zero-order chi connectivity index (χ0) is 24.1. The van der Waals surface area contributed by atoms with Gasteiger partial charge in [0.15, 0.2) is 16.8 Å². The molecule has 34 heavy (non-hydrogen) atoms. The van der Waals surface area contributed by atoms with E-state index >= 15 is 4.39 Å². The molecule has 1 fully saturated rings. The third-order valence-corrected chi connectivity index (χ3v) is 8.25. The van der Waals surface area contributed by atoms with Crippen LogP contribution >= 0.6 is 11.8 Å². The van der Waals surface area contributed by atoms with Crippen molar-refractivity contribution in [3.8, 4) is 18.1 Å². The van der Waals surface area contributed by atoms with E-state index in [2.05, 4.69) is 32.8 Å². The summed E-state index contributed by atoms with van der Waals surface area (Å²) in [6, 6.07) is 4.60. The predicted octanol–water partition coefficient (Wildman–Crippen LogP) is 4.35. The van der Waals surface area contributed by atoms with E-state index in [1.165, 1.54) is 12.4 Å². The average molecular weight is 480 g/mol. The van der Waals surface area contributed by atoms with Crippen LogP contribution in [0.2, 0.25) is 0 Å². The number of pyridine rings is 1. The van der Waals surface area contributed by atoms with E-state index in [4.69, 9.17) is 16.9 Å². The van der Waals surface area contributed by atoms with Gasteiger partial charge in [-0.05, 0) is 37.5 Å². The maximum Gasteiger partial charge on any atom is 0.164 e. The first-order valence-corrected chi connectivity index (χ1v) is 11.8. The van der Waals surface area contributed by atoms with E-state index in [1.54, 1.807) is 30.1 Å². The number of hydrogen-bond acceptors (Lipinski definition) is 7. The number of aromatic nitrogens is 3. The number of benzene rings is 1. The number of terminal acetylenes is 1. The van der Waals surface area contributed by atoms with E-state index in [1.807, 2.05) is 6.92 Å². The van der Waals surface area contributed by atoms with Gasteiger partial charge in [-0.25, -0.2) is 23.7 Å². The Morgan fingerprint density at radius 1 is 1.26 bits per heavy atom. The third-order valence-electron chi connectivity index (χ3n) is 6.81. The van der Waals surface area contributed by atoms with E-state index < -0.39 is 17.2 Å². The number of halogens is 2. The molecule has 3 atom stereocenters. The lowest BCUT2D eigenvalue weighted by atomic mass is 9.84. The second-order valence-electron chi connectivity index (χ2n) is 8.84. The number of fused-ring (bicyclic) bond motifs is 2. The Hall–Kier alpha value is -3.25. The van der Waals surface area contributed by atoms with Crippen LogP contribution in [-0.4, -0.2) is 31.5 Å². The Labute approximate surface area is 200 Å². The van der Waals surface area contributed by atoms with Crippen molar-refractivity contribution in [3.63, 3.8) is 0 Å². The maximum absolute atomic E-state index is 15.1. The number of nitrogens with two attached hydrogens (primary N) is 1. The van der Waals surface area contributed by atoms with Crippen molar-refractivity contribution in [1.29, 1.82) is 0 Å². The molecular weight excluding hydrogens is 456 g/mol. The second-order valence-corrected chi connectivity index (χ2v) is 10.3. The van der Waals surface area contributed by atoms with Gasteiger partial charge in [-0.1, -0.05) is 24.6 Å². The summed E-state index contributed by atoms with van der Waals surface area (Å²) in [4.78, 5) is 17.6. The largest absolute Gasteiger partial charge is 0.479 e. The summed E-state index contributed by atoms with van der Waals surface area (Å²) < 4.78 is 35.3. The smallest absolute Gasteiger partial charge is 0.164 e. The molecule has 0 saturated heterocycles. The minimum absolute atomic E-state index is 0.0640. The van der Waals surface area contributed by atoms with E-state index in [0.717, 1.165) is 12.8 Å². The van der Waals surface area contributed by atoms with Crippen molar-refractivity contribution >= 4 is 28.0 Å². The van der Waals surface area contributed by atoms with Crippen LogP contribution in [0, 0.1) is 29.9 Å². The predicted molar refractivity (Wildman–Crippen MR) is 129 cm³/mol. The van der Waals surface area contributed by atoms with Gasteiger partial charge < -0.3 is 10.5 Å². The first-order chi connectivity index (χ1) is 16.3. The molecule has 2 aromatic heterocycles. The molecule has 1 saturated carbocycles. The number of aliphatic imine (C=N–C) groups is 1. The van der Waals surface area contributed by atoms with E-state index in [-0.39, 0.29) is 29.3 Å². The van der Waals surface area contributed by atoms with Crippen LogP contribution in [0.25, 0.3) is 11.0 Å². The topological polar surface area (TPSA) is 86.3 Å². The number of ether oxygens (including phenoxy) is 1. The standard InChI is InChI=1S/C25H23F2N5OS/c1-4-6-33-15-10-19-22(29-12-15)18(30-13-31-19)9-14-7-16(21(27)17(26)8-14)24(3)20-11-25(20,5-2)34-23(28)32-24/h1,7-8,10,12-13,20H,5-6,9,11H2,2-3H3,(H2,28,32)/t20-,24+,25-/m0/s1. The molecule has 1 aliphatic heterocycles. The zero-order valence-corrected chi connectivity index (χ0v) is 19.6. The fourth-order valence-corrected chi connectivity index (χ4v) is 6.40. The monoisotopic (exact) mass is 479 g/mol. The molecule has 0 bridgehead atoms. The highest BCUT2D eigenvalue weighted by Crippen LogP contribution is 2.67. The maximum atomic E-state index is 15.1. The molecule has 0 spiro atoms. The molecule has 1 aromatic carbocycles. The van der Waals surface area contributed by atoms with Crippen LogP contribution in [0.1, 0.15) is 43.5 Å². The van der Waals surface area contributed by atoms with Crippen LogP contribution in [0.4, 0.5) is 8.78 Å². The normalized spacial score (nSPS) is 25.4. The van der Waals surface area contributed by atoms with Gasteiger partial charge in [0.1, 0.15) is 24.2 Å². The van der Waals surface area contributed by atoms with Gasteiger partial charge in [0.2, 0.25) is 0 Å². The molecule has 5 rings (SSSR count). The number of thioether (sulfide) groups is 1. The molecule has 0 unspecified atom stereocenters. The van der Waals surface area contributed by atoms with Crippen molar-refractivity contribution in [2.75, 3.05) is 6.61 Å². The van der Waals surface area contributed by atoms with Crippen LogP contribution in [0.15, 0.2) is 35.7 Å². The molecule has 3 aromatic rings. The summed E-state index contributed by atoms with van der Waals surface area (Å²) in [6.07, 6.45) is 10.2. The Morgan fingerprint density at radius 3 is 2.85 bits per heavy atom. The molecular formula is C25H23F2N5OS. The first-order valence-electron chi connectivity index (χ1n) is 11.0. The van der Waals surface area contributed by atoms with Crippen molar-refractivity contribution in [1.82, 2.24) is 15.0 Å². The zero-order valence-electron chi connectivity index (χ0n) is 18.8.